The largest absolute Gasteiger partial charge is 0.485 e. The zero-order valence-corrected chi connectivity index (χ0v) is 19.2. The molecule has 4 rings (SSSR count). The van der Waals surface area contributed by atoms with Crippen molar-refractivity contribution >= 4 is 35.2 Å². The van der Waals surface area contributed by atoms with Gasteiger partial charge in [0.25, 0.3) is 5.91 Å². The molecule has 0 bridgehead atoms. The molecule has 36 heavy (non-hydrogen) atoms. The van der Waals surface area contributed by atoms with Crippen LogP contribution in [0.25, 0.3) is 11.3 Å². The maximum atomic E-state index is 12.6. The van der Waals surface area contributed by atoms with Crippen LogP contribution in [-0.4, -0.2) is 43.0 Å². The molecule has 0 atom stereocenters. The molecule has 1 aromatic carbocycles. The summed E-state index contributed by atoms with van der Waals surface area (Å²) in [5.41, 5.74) is 7.35. The molecular formula is C22H19F3N8O2S. The molecule has 1 amide bonds. The van der Waals surface area contributed by atoms with Crippen molar-refractivity contribution in [1.82, 2.24) is 25.1 Å². The van der Waals surface area contributed by atoms with Gasteiger partial charge in [0.2, 0.25) is 0 Å². The highest BCUT2D eigenvalue weighted by Crippen LogP contribution is 2.36. The Balaban J connectivity index is 1.65. The number of halogens is 3. The summed E-state index contributed by atoms with van der Waals surface area (Å²) in [6.07, 6.45) is 1.66. The average Bonchev–Trinajstić information content (AvgIpc) is 3.27. The van der Waals surface area contributed by atoms with Crippen molar-refractivity contribution in [2.75, 3.05) is 15.8 Å². The number of nitrogens with two attached hydrogens (primary N) is 1. The summed E-state index contributed by atoms with van der Waals surface area (Å²) < 4.78 is 46.4. The molecule has 0 aliphatic heterocycles. The van der Waals surface area contributed by atoms with Gasteiger partial charge in [-0.2, -0.15) is 18.3 Å². The summed E-state index contributed by atoms with van der Waals surface area (Å²) in [4.78, 5) is 24.5. The van der Waals surface area contributed by atoms with Crippen LogP contribution in [0.1, 0.15) is 16.1 Å². The minimum Gasteiger partial charge on any atom is -0.485 e. The number of H-pyrrole nitrogens is 1. The van der Waals surface area contributed by atoms with Gasteiger partial charge in [-0.25, -0.2) is 4.98 Å². The third-order valence-corrected chi connectivity index (χ3v) is 5.45. The molecular weight excluding hydrogens is 497 g/mol. The molecule has 5 N–H and O–H groups in total. The van der Waals surface area contributed by atoms with Crippen molar-refractivity contribution in [3.05, 3.63) is 72.4 Å². The number of alkyl halides is 3. The normalized spacial score (nSPS) is 11.2. The first-order chi connectivity index (χ1) is 17.3. The Kier molecular flexibility index (Phi) is 7.53. The lowest BCUT2D eigenvalue weighted by Gasteiger charge is -2.15. The lowest BCUT2D eigenvalue weighted by atomic mass is 10.1. The van der Waals surface area contributed by atoms with Gasteiger partial charge in [-0.1, -0.05) is 12.1 Å². The first-order valence-corrected chi connectivity index (χ1v) is 11.3. The van der Waals surface area contributed by atoms with E-state index in [4.69, 9.17) is 10.5 Å². The number of aromatic nitrogens is 5. The highest BCUT2D eigenvalue weighted by atomic mass is 32.2. The summed E-state index contributed by atoms with van der Waals surface area (Å²) >= 11 is 0.476. The second-order valence-electron chi connectivity index (χ2n) is 7.23. The minimum atomic E-state index is -4.34. The van der Waals surface area contributed by atoms with Gasteiger partial charge in [0.15, 0.2) is 5.82 Å². The zero-order chi connectivity index (χ0) is 25.5. The van der Waals surface area contributed by atoms with Crippen LogP contribution < -0.4 is 20.5 Å². The first kappa shape index (κ1) is 24.8. The number of primary amides is 1. The second kappa shape index (κ2) is 10.9. The van der Waals surface area contributed by atoms with E-state index in [0.29, 0.717) is 34.7 Å². The molecule has 10 nitrogen and oxygen atoms in total. The zero-order valence-electron chi connectivity index (χ0n) is 18.4. The third-order valence-electron chi connectivity index (χ3n) is 4.61. The molecule has 4 aromatic rings. The SMILES string of the molecule is NC(=O)c1c(Nc2cnccn2)n[nH]c1-c1ccc(NSCC(F)(F)F)c(OCc2ccccn2)c1. The predicted octanol–water partition coefficient (Wildman–Crippen LogP) is 4.31. The Morgan fingerprint density at radius 2 is 2.00 bits per heavy atom. The van der Waals surface area contributed by atoms with Gasteiger partial charge in [0.05, 0.1) is 23.3 Å². The number of hydrogen-bond donors (Lipinski definition) is 4. The molecule has 186 valence electrons. The fourth-order valence-electron chi connectivity index (χ4n) is 3.08. The van der Waals surface area contributed by atoms with Crippen LogP contribution >= 0.6 is 11.9 Å². The Morgan fingerprint density at radius 1 is 1.14 bits per heavy atom. The van der Waals surface area contributed by atoms with Gasteiger partial charge in [-0.3, -0.25) is 19.9 Å². The Bertz CT molecular complexity index is 1320. The fraction of sp³-hybridized carbons (Fsp3) is 0.136. The van der Waals surface area contributed by atoms with E-state index >= 15 is 0 Å². The number of carbonyl (C=O) groups excluding carboxylic acids is 1. The molecule has 0 fully saturated rings. The summed E-state index contributed by atoms with van der Waals surface area (Å²) in [7, 11) is 0. The molecule has 0 saturated carbocycles. The molecule has 0 unspecified atom stereocenters. The molecule has 0 aliphatic carbocycles. The number of amides is 1. The van der Waals surface area contributed by atoms with Gasteiger partial charge >= 0.3 is 6.18 Å². The van der Waals surface area contributed by atoms with E-state index in [1.807, 2.05) is 0 Å². The van der Waals surface area contributed by atoms with Crippen molar-refractivity contribution in [1.29, 1.82) is 0 Å². The number of benzene rings is 1. The Labute approximate surface area is 207 Å². The Hall–Kier alpha value is -4.33. The lowest BCUT2D eigenvalue weighted by molar-refractivity contribution is -0.105. The van der Waals surface area contributed by atoms with Gasteiger partial charge < -0.3 is 20.5 Å². The molecule has 0 radical (unpaired) electrons. The number of hydrogen-bond acceptors (Lipinski definition) is 9. The topological polar surface area (TPSA) is 144 Å². The van der Waals surface area contributed by atoms with E-state index in [1.165, 1.54) is 24.7 Å². The van der Waals surface area contributed by atoms with Crippen LogP contribution in [-0.2, 0) is 6.61 Å². The number of nitrogens with one attached hydrogen (secondary N) is 3. The standard InChI is InChI=1S/C22H19F3N8O2S/c23-22(24,25)12-36-33-15-5-4-13(9-16(15)35-11-14-3-1-2-6-28-14)19-18(20(26)34)21(32-31-19)30-17-10-27-7-8-29-17/h1-10,33H,11-12H2,(H2,26,34)(H2,29,30,31,32). The van der Waals surface area contributed by atoms with Crippen molar-refractivity contribution in [2.45, 2.75) is 12.8 Å². The highest BCUT2D eigenvalue weighted by Gasteiger charge is 2.27. The fourth-order valence-corrected chi connectivity index (χ4v) is 3.64. The monoisotopic (exact) mass is 516 g/mol. The van der Waals surface area contributed by atoms with E-state index in [1.54, 1.807) is 36.5 Å². The number of nitrogens with zero attached hydrogens (tertiary/aromatic N) is 4. The van der Waals surface area contributed by atoms with Crippen molar-refractivity contribution in [3.63, 3.8) is 0 Å². The van der Waals surface area contributed by atoms with Crippen molar-refractivity contribution in [2.24, 2.45) is 5.73 Å². The van der Waals surface area contributed by atoms with Gasteiger partial charge in [0.1, 0.15) is 29.5 Å². The van der Waals surface area contributed by atoms with Crippen molar-refractivity contribution < 1.29 is 22.7 Å². The maximum Gasteiger partial charge on any atom is 0.399 e. The molecule has 0 aliphatic rings. The molecule has 3 heterocycles. The summed E-state index contributed by atoms with van der Waals surface area (Å²) in [5.74, 6) is -1.14. The number of rotatable bonds is 10. The van der Waals surface area contributed by atoms with Gasteiger partial charge in [0, 0.05) is 24.2 Å². The van der Waals surface area contributed by atoms with E-state index in [2.05, 4.69) is 35.2 Å². The average molecular weight is 517 g/mol. The van der Waals surface area contributed by atoms with Crippen LogP contribution in [0.15, 0.2) is 61.2 Å². The lowest BCUT2D eigenvalue weighted by Crippen LogP contribution is -2.14. The minimum absolute atomic E-state index is 0.0588. The summed E-state index contributed by atoms with van der Waals surface area (Å²) in [5, 5.41) is 9.78. The van der Waals surface area contributed by atoms with Crippen LogP contribution in [0.2, 0.25) is 0 Å². The van der Waals surface area contributed by atoms with Gasteiger partial charge in [-0.15, -0.1) is 0 Å². The van der Waals surface area contributed by atoms with E-state index < -0.39 is 17.8 Å². The maximum absolute atomic E-state index is 12.6. The molecule has 0 saturated heterocycles. The van der Waals surface area contributed by atoms with Crippen LogP contribution in [0.4, 0.5) is 30.5 Å². The van der Waals surface area contributed by atoms with Crippen LogP contribution in [0.5, 0.6) is 5.75 Å². The molecule has 0 spiro atoms. The van der Waals surface area contributed by atoms with Crippen molar-refractivity contribution in [3.8, 4) is 17.0 Å². The number of carbonyl (C=O) groups is 1. The summed E-state index contributed by atoms with van der Waals surface area (Å²) in [6, 6.07) is 9.98. The van der Waals surface area contributed by atoms with E-state index in [-0.39, 0.29) is 29.4 Å². The predicted molar refractivity (Wildman–Crippen MR) is 129 cm³/mol. The molecule has 14 heteroatoms. The Morgan fingerprint density at radius 3 is 2.69 bits per heavy atom. The number of pyridine rings is 1. The summed E-state index contributed by atoms with van der Waals surface area (Å²) in [6.45, 7) is 0.0635. The molecule has 3 aromatic heterocycles. The van der Waals surface area contributed by atoms with Crippen LogP contribution in [0.3, 0.4) is 0 Å². The first-order valence-electron chi connectivity index (χ1n) is 10.3. The highest BCUT2D eigenvalue weighted by molar-refractivity contribution is 8.00. The van der Waals surface area contributed by atoms with E-state index in [0.717, 1.165) is 0 Å². The van der Waals surface area contributed by atoms with Gasteiger partial charge in [-0.05, 0) is 36.2 Å². The smallest absolute Gasteiger partial charge is 0.399 e. The third kappa shape index (κ3) is 6.41. The quantitative estimate of drug-likeness (QED) is 0.227. The number of anilines is 3. The number of aromatic amines is 1. The number of ether oxygens (including phenoxy) is 1. The second-order valence-corrected chi connectivity index (χ2v) is 8.01. The van der Waals surface area contributed by atoms with E-state index in [9.17, 15) is 18.0 Å². The van der Waals surface area contributed by atoms with Crippen LogP contribution in [0, 0.1) is 0 Å².